The second-order valence-corrected chi connectivity index (χ2v) is 7.03. The van der Waals surface area contributed by atoms with Crippen molar-refractivity contribution in [2.75, 3.05) is 25.1 Å². The average molecular weight is 365 g/mol. The number of nitrogens with one attached hydrogen (secondary N) is 1. The van der Waals surface area contributed by atoms with Gasteiger partial charge in [-0.25, -0.2) is 9.59 Å². The van der Waals surface area contributed by atoms with Gasteiger partial charge in [-0.05, 0) is 33.3 Å². The summed E-state index contributed by atoms with van der Waals surface area (Å²) in [6.07, 6.45) is 0.165. The number of amides is 1. The Morgan fingerprint density at radius 3 is 2.62 bits per heavy atom. The molecule has 1 amide bonds. The lowest BCUT2D eigenvalue weighted by Crippen LogP contribution is -2.40. The number of carbonyl (C=O) groups is 2. The Morgan fingerprint density at radius 2 is 2.04 bits per heavy atom. The van der Waals surface area contributed by atoms with E-state index in [9.17, 15) is 19.7 Å². The normalized spacial score (nSPS) is 16.9. The van der Waals surface area contributed by atoms with Crippen molar-refractivity contribution in [2.45, 2.75) is 38.8 Å². The zero-order valence-corrected chi connectivity index (χ0v) is 15.3. The second-order valence-electron chi connectivity index (χ2n) is 7.03. The fourth-order valence-corrected chi connectivity index (χ4v) is 2.76. The van der Waals surface area contributed by atoms with E-state index in [4.69, 9.17) is 9.47 Å². The Labute approximate surface area is 151 Å². The summed E-state index contributed by atoms with van der Waals surface area (Å²) in [4.78, 5) is 36.2. The van der Waals surface area contributed by atoms with Crippen molar-refractivity contribution in [3.8, 4) is 0 Å². The van der Waals surface area contributed by atoms with Gasteiger partial charge in [0.2, 0.25) is 0 Å². The molecule has 1 fully saturated rings. The maximum absolute atomic E-state index is 12.0. The zero-order chi connectivity index (χ0) is 19.5. The quantitative estimate of drug-likeness (QED) is 0.496. The molecule has 9 heteroatoms. The van der Waals surface area contributed by atoms with Gasteiger partial charge in [0.15, 0.2) is 0 Å². The molecular formula is C17H23N3O6. The van der Waals surface area contributed by atoms with E-state index in [2.05, 4.69) is 5.32 Å². The minimum Gasteiger partial charge on any atom is -0.465 e. The molecule has 1 aromatic carbocycles. The van der Waals surface area contributed by atoms with E-state index in [0.717, 1.165) is 0 Å². The number of non-ortho nitro benzene ring substituents is 1. The SMILES string of the molecule is COC(=O)c1cc([N+](=O)[O-])ccc1N1CC[C@@H](NC(=O)OC(C)(C)C)C1. The molecule has 0 radical (unpaired) electrons. The van der Waals surface area contributed by atoms with Crippen LogP contribution in [0.3, 0.4) is 0 Å². The molecule has 1 aliphatic rings. The first kappa shape index (κ1) is 19.5. The fraction of sp³-hybridized carbons (Fsp3) is 0.529. The third-order valence-electron chi connectivity index (χ3n) is 3.85. The molecular weight excluding hydrogens is 342 g/mol. The largest absolute Gasteiger partial charge is 0.465 e. The summed E-state index contributed by atoms with van der Waals surface area (Å²) in [5, 5.41) is 13.8. The Hall–Kier alpha value is -2.84. The predicted molar refractivity (Wildman–Crippen MR) is 94.4 cm³/mol. The fourth-order valence-electron chi connectivity index (χ4n) is 2.76. The summed E-state index contributed by atoms with van der Waals surface area (Å²) in [5.41, 5.74) is -0.106. The highest BCUT2D eigenvalue weighted by Gasteiger charge is 2.29. The number of anilines is 1. The molecule has 0 aromatic heterocycles. The summed E-state index contributed by atoms with van der Waals surface area (Å²) in [6, 6.07) is 3.93. The van der Waals surface area contributed by atoms with E-state index in [1.165, 1.54) is 25.3 Å². The number of rotatable bonds is 4. The molecule has 0 spiro atoms. The van der Waals surface area contributed by atoms with Gasteiger partial charge < -0.3 is 19.7 Å². The topological polar surface area (TPSA) is 111 Å². The maximum atomic E-state index is 12.0. The van der Waals surface area contributed by atoms with Crippen molar-refractivity contribution < 1.29 is 24.0 Å². The molecule has 142 valence electrons. The van der Waals surface area contributed by atoms with Crippen molar-refractivity contribution >= 4 is 23.4 Å². The monoisotopic (exact) mass is 365 g/mol. The Morgan fingerprint density at radius 1 is 1.35 bits per heavy atom. The van der Waals surface area contributed by atoms with Crippen LogP contribution in [0.2, 0.25) is 0 Å². The van der Waals surface area contributed by atoms with Crippen LogP contribution in [0.25, 0.3) is 0 Å². The Bertz CT molecular complexity index is 713. The average Bonchev–Trinajstić information content (AvgIpc) is 2.99. The van der Waals surface area contributed by atoms with Crippen molar-refractivity contribution in [3.63, 3.8) is 0 Å². The lowest BCUT2D eigenvalue weighted by Gasteiger charge is -2.23. The van der Waals surface area contributed by atoms with Crippen LogP contribution in [0.4, 0.5) is 16.2 Å². The first-order chi connectivity index (χ1) is 12.1. The van der Waals surface area contributed by atoms with Crippen LogP contribution in [-0.2, 0) is 9.47 Å². The molecule has 0 saturated carbocycles. The predicted octanol–water partition coefficient (Wildman–Crippen LogP) is 2.48. The van der Waals surface area contributed by atoms with E-state index in [1.807, 2.05) is 4.90 Å². The van der Waals surface area contributed by atoms with Crippen LogP contribution in [-0.4, -0.2) is 48.8 Å². The van der Waals surface area contributed by atoms with Crippen LogP contribution < -0.4 is 10.2 Å². The molecule has 9 nitrogen and oxygen atoms in total. The Kier molecular flexibility index (Phi) is 5.69. The summed E-state index contributed by atoms with van der Waals surface area (Å²) < 4.78 is 9.98. The number of alkyl carbamates (subject to hydrolysis) is 1. The van der Waals surface area contributed by atoms with Crippen LogP contribution in [0.5, 0.6) is 0 Å². The molecule has 1 aliphatic heterocycles. The lowest BCUT2D eigenvalue weighted by molar-refractivity contribution is -0.384. The van der Waals surface area contributed by atoms with E-state index in [0.29, 0.717) is 25.2 Å². The number of nitro groups is 1. The number of esters is 1. The van der Waals surface area contributed by atoms with Crippen LogP contribution in [0, 0.1) is 10.1 Å². The highest BCUT2D eigenvalue weighted by molar-refractivity contribution is 5.96. The first-order valence-electron chi connectivity index (χ1n) is 8.22. The molecule has 2 rings (SSSR count). The van der Waals surface area contributed by atoms with E-state index in [-0.39, 0.29) is 17.3 Å². The van der Waals surface area contributed by atoms with Gasteiger partial charge in [0.1, 0.15) is 5.60 Å². The van der Waals surface area contributed by atoms with Gasteiger partial charge in [-0.2, -0.15) is 0 Å². The first-order valence-corrected chi connectivity index (χ1v) is 8.22. The molecule has 1 atom stereocenters. The number of hydrogen-bond donors (Lipinski definition) is 1. The molecule has 1 heterocycles. The highest BCUT2D eigenvalue weighted by atomic mass is 16.6. The molecule has 0 bridgehead atoms. The molecule has 0 aliphatic carbocycles. The van der Waals surface area contributed by atoms with Crippen molar-refractivity contribution in [3.05, 3.63) is 33.9 Å². The number of methoxy groups -OCH3 is 1. The summed E-state index contributed by atoms with van der Waals surface area (Å²) in [5.74, 6) is -0.646. The van der Waals surface area contributed by atoms with Crippen molar-refractivity contribution in [1.29, 1.82) is 0 Å². The maximum Gasteiger partial charge on any atom is 0.407 e. The van der Waals surface area contributed by atoms with Crippen LogP contribution in [0.1, 0.15) is 37.6 Å². The van der Waals surface area contributed by atoms with Gasteiger partial charge >= 0.3 is 12.1 Å². The Balaban J connectivity index is 2.13. The van der Waals surface area contributed by atoms with Gasteiger partial charge in [-0.1, -0.05) is 0 Å². The molecule has 1 saturated heterocycles. The van der Waals surface area contributed by atoms with Crippen molar-refractivity contribution in [1.82, 2.24) is 5.32 Å². The van der Waals surface area contributed by atoms with Crippen molar-refractivity contribution in [2.24, 2.45) is 0 Å². The number of carbonyl (C=O) groups excluding carboxylic acids is 2. The third-order valence-corrected chi connectivity index (χ3v) is 3.85. The van der Waals surface area contributed by atoms with Gasteiger partial charge in [-0.15, -0.1) is 0 Å². The summed E-state index contributed by atoms with van der Waals surface area (Å²) in [6.45, 7) is 6.40. The minimum absolute atomic E-state index is 0.125. The number of nitrogens with zero attached hydrogens (tertiary/aromatic N) is 2. The van der Waals surface area contributed by atoms with Gasteiger partial charge in [0, 0.05) is 25.2 Å². The number of nitro benzene ring substituents is 1. The van der Waals surface area contributed by atoms with E-state index in [1.54, 1.807) is 20.8 Å². The minimum atomic E-state index is -0.646. The van der Waals surface area contributed by atoms with E-state index >= 15 is 0 Å². The smallest absolute Gasteiger partial charge is 0.407 e. The van der Waals surface area contributed by atoms with Gasteiger partial charge in [0.25, 0.3) is 5.69 Å². The highest BCUT2D eigenvalue weighted by Crippen LogP contribution is 2.29. The molecule has 0 unspecified atom stereocenters. The second kappa shape index (κ2) is 7.59. The number of benzene rings is 1. The lowest BCUT2D eigenvalue weighted by atomic mass is 10.1. The molecule has 1 aromatic rings. The third kappa shape index (κ3) is 4.84. The van der Waals surface area contributed by atoms with E-state index < -0.39 is 22.6 Å². The number of hydrogen-bond acceptors (Lipinski definition) is 7. The zero-order valence-electron chi connectivity index (χ0n) is 15.3. The van der Waals surface area contributed by atoms with Crippen LogP contribution in [0.15, 0.2) is 18.2 Å². The molecule has 1 N–H and O–H groups in total. The summed E-state index contributed by atoms with van der Waals surface area (Å²) in [7, 11) is 1.22. The number of ether oxygens (including phenoxy) is 2. The van der Waals surface area contributed by atoms with Gasteiger partial charge in [-0.3, -0.25) is 10.1 Å². The standard InChI is InChI=1S/C17H23N3O6/c1-17(2,3)26-16(22)18-11-7-8-19(10-11)14-6-5-12(20(23)24)9-13(14)15(21)25-4/h5-6,9,11H,7-8,10H2,1-4H3,(H,18,22)/t11-/m1/s1. The summed E-state index contributed by atoms with van der Waals surface area (Å²) >= 11 is 0. The van der Waals surface area contributed by atoms with Gasteiger partial charge in [0.05, 0.1) is 29.3 Å². The molecule has 26 heavy (non-hydrogen) atoms. The van der Waals surface area contributed by atoms with Crippen LogP contribution >= 0.6 is 0 Å².